The van der Waals surface area contributed by atoms with Crippen molar-refractivity contribution in [2.75, 3.05) is 13.1 Å². The highest BCUT2D eigenvalue weighted by molar-refractivity contribution is 7.13. The first-order valence-corrected chi connectivity index (χ1v) is 25.8. The Hall–Kier alpha value is -5.83. The van der Waals surface area contributed by atoms with Crippen molar-refractivity contribution in [3.8, 4) is 33.0 Å². The SMILES string of the molecule is Cc1cc(CNCCCCCCCCCCC(=O)NC(C(=O)N2CC(O)CC2C(=O)NC(C)c2ccc(-c3scnc3C)cc2)C(C)(C)C)cc(C)c1-c1ncn(C)c1-c1ccnc2cc(F)ccc12. The lowest BCUT2D eigenvalue weighted by Gasteiger charge is -2.35. The summed E-state index contributed by atoms with van der Waals surface area (Å²) >= 11 is 1.59. The third-order valence-electron chi connectivity index (χ3n) is 13.6. The van der Waals surface area contributed by atoms with Gasteiger partial charge in [0, 0.05) is 61.8 Å². The first-order chi connectivity index (χ1) is 33.5. The summed E-state index contributed by atoms with van der Waals surface area (Å²) in [7, 11) is 1.99. The summed E-state index contributed by atoms with van der Waals surface area (Å²) in [6.07, 6.45) is 11.6. The molecule has 1 aliphatic rings. The van der Waals surface area contributed by atoms with Crippen LogP contribution < -0.4 is 16.0 Å². The summed E-state index contributed by atoms with van der Waals surface area (Å²) in [5.74, 6) is -1.16. The van der Waals surface area contributed by atoms with Crippen LogP contribution in [0.25, 0.3) is 43.9 Å². The quantitative estimate of drug-likeness (QED) is 0.0520. The number of amides is 3. The second-order valence-corrected chi connectivity index (χ2v) is 21.2. The predicted octanol–water partition coefficient (Wildman–Crippen LogP) is 10.5. The van der Waals surface area contributed by atoms with Crippen molar-refractivity contribution >= 4 is 40.0 Å². The van der Waals surface area contributed by atoms with E-state index >= 15 is 0 Å². The zero-order chi connectivity index (χ0) is 50.1. The first-order valence-electron chi connectivity index (χ1n) is 25.0. The maximum atomic E-state index is 14.1. The average Bonchev–Trinajstić information content (AvgIpc) is 4.04. The molecule has 0 spiro atoms. The Balaban J connectivity index is 0.788. The fraction of sp³-hybridized carbons (Fsp3) is 0.464. The van der Waals surface area contributed by atoms with Crippen LogP contribution in [-0.4, -0.2) is 78.5 Å². The molecule has 1 aliphatic heterocycles. The highest BCUT2D eigenvalue weighted by atomic mass is 32.1. The monoisotopic (exact) mass is 971 g/mol. The molecule has 3 aromatic heterocycles. The number of thiazole rings is 1. The third kappa shape index (κ3) is 12.7. The van der Waals surface area contributed by atoms with Crippen LogP contribution in [0.1, 0.15) is 126 Å². The van der Waals surface area contributed by atoms with Gasteiger partial charge >= 0.3 is 0 Å². The summed E-state index contributed by atoms with van der Waals surface area (Å²) in [5.41, 5.74) is 12.3. The predicted molar refractivity (Wildman–Crippen MR) is 278 cm³/mol. The van der Waals surface area contributed by atoms with Crippen molar-refractivity contribution in [1.82, 2.24) is 40.4 Å². The van der Waals surface area contributed by atoms with Crippen LogP contribution in [0.3, 0.4) is 0 Å². The van der Waals surface area contributed by atoms with E-state index in [1.165, 1.54) is 29.0 Å². The van der Waals surface area contributed by atoms with Gasteiger partial charge in [0.1, 0.15) is 17.9 Å². The van der Waals surface area contributed by atoms with Gasteiger partial charge < -0.3 is 30.5 Å². The summed E-state index contributed by atoms with van der Waals surface area (Å²) in [4.78, 5) is 57.2. The van der Waals surface area contributed by atoms with Crippen molar-refractivity contribution in [3.63, 3.8) is 0 Å². The van der Waals surface area contributed by atoms with Gasteiger partial charge in [0.25, 0.3) is 0 Å². The number of hydrogen-bond acceptors (Lipinski definition) is 9. The zero-order valence-electron chi connectivity index (χ0n) is 42.2. The number of nitrogens with zero attached hydrogens (tertiary/aromatic N) is 5. The van der Waals surface area contributed by atoms with E-state index in [1.807, 2.05) is 88.4 Å². The Bertz CT molecular complexity index is 2740. The fourth-order valence-electron chi connectivity index (χ4n) is 9.86. The number of aliphatic hydroxyl groups is 1. The van der Waals surface area contributed by atoms with E-state index < -0.39 is 23.6 Å². The maximum Gasteiger partial charge on any atom is 0.246 e. The number of aliphatic hydroxyl groups excluding tert-OH is 1. The molecule has 12 nitrogen and oxygen atoms in total. The van der Waals surface area contributed by atoms with E-state index in [-0.39, 0.29) is 42.5 Å². The molecule has 3 amide bonds. The van der Waals surface area contributed by atoms with Gasteiger partial charge in [-0.3, -0.25) is 19.4 Å². The number of halogens is 1. The van der Waals surface area contributed by atoms with E-state index in [1.54, 1.807) is 23.6 Å². The standard InChI is InChI=1S/C56H71FN8O4S/c1-35-27-39(28-36(2)49(35)50-51(64(8)33-60-50)45-24-26-59-46-29-42(57)22-23-44(45)46)31-58-25-16-14-12-10-9-11-13-15-17-48(67)63-53(56(5,6)7)55(69)65-32-43(66)30-47(65)54(68)62-37(3)40-18-20-41(21-19-40)52-38(4)61-34-70-52/h18-24,26-29,33-34,37,43,47,53,58,66H,9-17,25,30-32H2,1-8H3,(H,62,68)(H,63,67). The number of β-amino-alcohol motifs (C(OH)–C–C–N with tert-alkyl or cyclic N) is 1. The lowest BCUT2D eigenvalue weighted by atomic mass is 9.85. The second-order valence-electron chi connectivity index (χ2n) is 20.3. The van der Waals surface area contributed by atoms with Crippen LogP contribution in [0, 0.1) is 32.0 Å². The number of aryl methyl sites for hydroxylation is 4. The highest BCUT2D eigenvalue weighted by Crippen LogP contribution is 2.38. The van der Waals surface area contributed by atoms with Crippen molar-refractivity contribution in [2.45, 2.75) is 143 Å². The topological polar surface area (TPSA) is 154 Å². The highest BCUT2D eigenvalue weighted by Gasteiger charge is 2.44. The van der Waals surface area contributed by atoms with Crippen LogP contribution in [0.2, 0.25) is 0 Å². The molecule has 0 radical (unpaired) electrons. The van der Waals surface area contributed by atoms with E-state index in [9.17, 15) is 23.9 Å². The molecule has 6 aromatic rings. The number of nitrogens with one attached hydrogen (secondary N) is 3. The number of imidazole rings is 1. The Kier molecular flexibility index (Phi) is 17.4. The largest absolute Gasteiger partial charge is 0.391 e. The summed E-state index contributed by atoms with van der Waals surface area (Å²) in [6, 6.07) is 17.2. The Morgan fingerprint density at radius 1 is 0.871 bits per heavy atom. The van der Waals surface area contributed by atoms with E-state index in [0.29, 0.717) is 11.9 Å². The van der Waals surface area contributed by atoms with Gasteiger partial charge in [-0.25, -0.2) is 14.4 Å². The summed E-state index contributed by atoms with van der Waals surface area (Å²) in [5, 5.41) is 21.2. The lowest BCUT2D eigenvalue weighted by Crippen LogP contribution is -2.57. The molecule has 0 saturated carbocycles. The minimum absolute atomic E-state index is 0.0375. The molecule has 4 atom stereocenters. The van der Waals surface area contributed by atoms with Crippen molar-refractivity contribution in [2.24, 2.45) is 12.5 Å². The Morgan fingerprint density at radius 2 is 1.56 bits per heavy atom. The van der Waals surface area contributed by atoms with Crippen molar-refractivity contribution in [1.29, 1.82) is 0 Å². The maximum absolute atomic E-state index is 14.1. The third-order valence-corrected chi connectivity index (χ3v) is 14.6. The van der Waals surface area contributed by atoms with Crippen molar-refractivity contribution in [3.05, 3.63) is 112 Å². The molecule has 70 heavy (non-hydrogen) atoms. The molecule has 3 aromatic carbocycles. The van der Waals surface area contributed by atoms with Gasteiger partial charge in [0.05, 0.1) is 51.5 Å². The molecule has 372 valence electrons. The smallest absolute Gasteiger partial charge is 0.246 e. The summed E-state index contributed by atoms with van der Waals surface area (Å²) < 4.78 is 16.0. The molecule has 1 fully saturated rings. The lowest BCUT2D eigenvalue weighted by molar-refractivity contribution is -0.144. The number of unbranched alkanes of at least 4 members (excludes halogenated alkanes) is 7. The normalized spacial score (nSPS) is 15.9. The van der Waals surface area contributed by atoms with Crippen LogP contribution >= 0.6 is 11.3 Å². The molecule has 0 aliphatic carbocycles. The minimum Gasteiger partial charge on any atom is -0.391 e. The van der Waals surface area contributed by atoms with Gasteiger partial charge in [0.15, 0.2) is 0 Å². The number of pyridine rings is 1. The van der Waals surface area contributed by atoms with Crippen LogP contribution in [0.15, 0.2) is 78.7 Å². The van der Waals surface area contributed by atoms with E-state index in [4.69, 9.17) is 4.98 Å². The zero-order valence-corrected chi connectivity index (χ0v) is 43.0. The number of fused-ring (bicyclic) bond motifs is 1. The Morgan fingerprint density at radius 3 is 2.23 bits per heavy atom. The van der Waals surface area contributed by atoms with Crippen molar-refractivity contribution < 1.29 is 23.9 Å². The number of hydrogen-bond donors (Lipinski definition) is 4. The number of carbonyl (C=O) groups excluding carboxylic acids is 3. The fourth-order valence-corrected chi connectivity index (χ4v) is 10.7. The number of rotatable bonds is 21. The minimum atomic E-state index is -0.842. The number of carbonyl (C=O) groups is 3. The molecule has 0 bridgehead atoms. The van der Waals surface area contributed by atoms with Gasteiger partial charge in [-0.05, 0) is 98.5 Å². The van der Waals surface area contributed by atoms with Crippen LogP contribution in [-0.2, 0) is 28.0 Å². The van der Waals surface area contributed by atoms with Crippen LogP contribution in [0.5, 0.6) is 0 Å². The average molecular weight is 971 g/mol. The number of likely N-dealkylation sites (tertiary alicyclic amines) is 1. The number of benzene rings is 3. The number of aromatic nitrogens is 4. The summed E-state index contributed by atoms with van der Waals surface area (Å²) in [6.45, 7) is 15.7. The van der Waals surface area contributed by atoms with E-state index in [0.717, 1.165) is 119 Å². The second kappa shape index (κ2) is 23.4. The molecule has 4 N–H and O–H groups in total. The molecule has 4 heterocycles. The Labute approximate surface area is 416 Å². The molecule has 1 saturated heterocycles. The molecular weight excluding hydrogens is 900 g/mol. The molecule has 7 rings (SSSR count). The molecule has 4 unspecified atom stereocenters. The van der Waals surface area contributed by atoms with Crippen LogP contribution in [0.4, 0.5) is 4.39 Å². The van der Waals surface area contributed by atoms with Gasteiger partial charge in [0.2, 0.25) is 17.7 Å². The van der Waals surface area contributed by atoms with Gasteiger partial charge in [-0.1, -0.05) is 95.7 Å². The first kappa shape index (κ1) is 52.0. The molecular formula is C56H71FN8O4S. The van der Waals surface area contributed by atoms with Gasteiger partial charge in [-0.2, -0.15) is 0 Å². The van der Waals surface area contributed by atoms with E-state index in [2.05, 4.69) is 51.9 Å². The molecule has 14 heteroatoms. The van der Waals surface area contributed by atoms with Gasteiger partial charge in [-0.15, -0.1) is 11.3 Å².